The van der Waals surface area contributed by atoms with Gasteiger partial charge in [-0.2, -0.15) is 0 Å². The van der Waals surface area contributed by atoms with Crippen molar-refractivity contribution >= 4 is 46.5 Å². The first kappa shape index (κ1) is 27.8. The van der Waals surface area contributed by atoms with E-state index in [1.165, 1.54) is 0 Å². The van der Waals surface area contributed by atoms with Gasteiger partial charge in [0.25, 0.3) is 0 Å². The van der Waals surface area contributed by atoms with Crippen molar-refractivity contribution in [3.05, 3.63) is 36.0 Å². The fourth-order valence-electron chi connectivity index (χ4n) is 3.33. The highest BCUT2D eigenvalue weighted by Gasteiger charge is 2.27. The number of nitrogens with two attached hydrogens (primary N) is 1. The molecule has 2 aromatic rings. The van der Waals surface area contributed by atoms with E-state index in [2.05, 4.69) is 15.6 Å². The van der Waals surface area contributed by atoms with Gasteiger partial charge in [0.15, 0.2) is 0 Å². The van der Waals surface area contributed by atoms with E-state index in [0.29, 0.717) is 5.56 Å². The van der Waals surface area contributed by atoms with E-state index in [1.54, 1.807) is 18.3 Å². The number of nitrogens with one attached hydrogen (secondary N) is 4. The van der Waals surface area contributed by atoms with Gasteiger partial charge in [0.1, 0.15) is 12.1 Å². The number of para-hydroxylation sites is 1. The molecule has 3 atom stereocenters. The van der Waals surface area contributed by atoms with Crippen LogP contribution in [0.4, 0.5) is 0 Å². The van der Waals surface area contributed by atoms with E-state index in [9.17, 15) is 28.8 Å². The van der Waals surface area contributed by atoms with E-state index in [4.69, 9.17) is 21.1 Å². The molecule has 0 saturated heterocycles. The largest absolute Gasteiger partial charge is 0.481 e. The van der Waals surface area contributed by atoms with Gasteiger partial charge in [-0.1, -0.05) is 18.2 Å². The molecule has 194 valence electrons. The molecule has 0 bridgehead atoms. The van der Waals surface area contributed by atoms with Gasteiger partial charge in [0.05, 0.1) is 19.0 Å². The number of carbonyl (C=O) groups is 6. The van der Waals surface area contributed by atoms with Crippen molar-refractivity contribution in [2.75, 3.05) is 6.54 Å². The molecule has 14 nitrogen and oxygen atoms in total. The lowest BCUT2D eigenvalue weighted by Gasteiger charge is -2.21. The van der Waals surface area contributed by atoms with Crippen LogP contribution in [-0.2, 0) is 35.2 Å². The van der Waals surface area contributed by atoms with Crippen LogP contribution in [0.2, 0.25) is 0 Å². The van der Waals surface area contributed by atoms with E-state index in [0.717, 1.165) is 10.9 Å². The number of amides is 3. The lowest BCUT2D eigenvalue weighted by atomic mass is 10.0. The maximum Gasteiger partial charge on any atom is 0.326 e. The van der Waals surface area contributed by atoms with Gasteiger partial charge in [-0.15, -0.1) is 0 Å². The SMILES string of the molecule is NC(CCC(=O)O)C(=O)NC(Cc1c[nH]c2ccccc12)C(=O)NCC(=O)NC(CC(=O)O)C(=O)O. The molecule has 1 aromatic carbocycles. The third kappa shape index (κ3) is 8.39. The second-order valence-electron chi connectivity index (χ2n) is 7.94. The minimum atomic E-state index is -1.69. The van der Waals surface area contributed by atoms with Crippen molar-refractivity contribution in [2.45, 2.75) is 43.8 Å². The lowest BCUT2D eigenvalue weighted by Crippen LogP contribution is -2.54. The van der Waals surface area contributed by atoms with Crippen LogP contribution in [0.5, 0.6) is 0 Å². The summed E-state index contributed by atoms with van der Waals surface area (Å²) in [6.07, 6.45) is 0.270. The van der Waals surface area contributed by atoms with Crippen molar-refractivity contribution in [3.63, 3.8) is 0 Å². The van der Waals surface area contributed by atoms with Crippen molar-refractivity contribution in [1.29, 1.82) is 0 Å². The maximum absolute atomic E-state index is 12.9. The normalized spacial score (nSPS) is 13.2. The summed E-state index contributed by atoms with van der Waals surface area (Å²) in [4.78, 5) is 73.1. The Morgan fingerprint density at radius 2 is 1.61 bits per heavy atom. The number of fused-ring (bicyclic) bond motifs is 1. The molecule has 0 aliphatic rings. The number of hydrogen-bond donors (Lipinski definition) is 8. The average molecular weight is 505 g/mol. The molecular weight excluding hydrogens is 478 g/mol. The van der Waals surface area contributed by atoms with Gasteiger partial charge in [-0.25, -0.2) is 4.79 Å². The zero-order chi connectivity index (χ0) is 26.8. The topological polar surface area (TPSA) is 241 Å². The summed E-state index contributed by atoms with van der Waals surface area (Å²) in [6, 6.07) is 3.11. The Kier molecular flexibility index (Phi) is 9.92. The molecule has 0 saturated carbocycles. The molecule has 9 N–H and O–H groups in total. The number of aliphatic carboxylic acids is 3. The number of H-pyrrole nitrogens is 1. The van der Waals surface area contributed by atoms with Crippen LogP contribution in [-0.4, -0.2) is 80.6 Å². The van der Waals surface area contributed by atoms with Crippen molar-refractivity contribution in [2.24, 2.45) is 5.73 Å². The number of aromatic amines is 1. The van der Waals surface area contributed by atoms with E-state index >= 15 is 0 Å². The van der Waals surface area contributed by atoms with E-state index in [-0.39, 0.29) is 19.3 Å². The highest BCUT2D eigenvalue weighted by Crippen LogP contribution is 2.19. The molecule has 0 aliphatic heterocycles. The molecule has 1 heterocycles. The second kappa shape index (κ2) is 12.9. The number of rotatable bonds is 14. The number of aromatic nitrogens is 1. The van der Waals surface area contributed by atoms with Gasteiger partial charge in [0.2, 0.25) is 17.7 Å². The number of carboxylic acid groups (broad SMARTS) is 3. The Labute approximate surface area is 204 Å². The fraction of sp³-hybridized carbons (Fsp3) is 0.364. The molecule has 0 spiro atoms. The van der Waals surface area contributed by atoms with E-state index < -0.39 is 66.7 Å². The predicted molar refractivity (Wildman–Crippen MR) is 124 cm³/mol. The van der Waals surface area contributed by atoms with Crippen LogP contribution < -0.4 is 21.7 Å². The van der Waals surface area contributed by atoms with Crippen LogP contribution >= 0.6 is 0 Å². The van der Waals surface area contributed by atoms with Crippen LogP contribution in [0.25, 0.3) is 10.9 Å². The third-order valence-corrected chi connectivity index (χ3v) is 5.17. The van der Waals surface area contributed by atoms with Gasteiger partial charge in [-0.05, 0) is 18.1 Å². The van der Waals surface area contributed by atoms with Crippen molar-refractivity contribution in [1.82, 2.24) is 20.9 Å². The fourth-order valence-corrected chi connectivity index (χ4v) is 3.33. The van der Waals surface area contributed by atoms with Crippen LogP contribution in [0.15, 0.2) is 30.5 Å². The van der Waals surface area contributed by atoms with Gasteiger partial charge >= 0.3 is 17.9 Å². The summed E-state index contributed by atoms with van der Waals surface area (Å²) < 4.78 is 0. The summed E-state index contributed by atoms with van der Waals surface area (Å²) in [5.74, 6) is -6.65. The Morgan fingerprint density at radius 1 is 0.917 bits per heavy atom. The standard InChI is InChI=1S/C22H27N5O9/c23-13(5-6-18(29)30)20(33)27-15(7-11-9-24-14-4-2-1-3-12(11)14)21(34)25-10-17(28)26-16(22(35)36)8-19(31)32/h1-4,9,13,15-16,24H,5-8,10,23H2,(H,25,34)(H,26,28)(H,27,33)(H,29,30)(H,31,32)(H,35,36). The molecule has 3 amide bonds. The minimum absolute atomic E-state index is 0.00831. The van der Waals surface area contributed by atoms with Gasteiger partial charge < -0.3 is 42.0 Å². The summed E-state index contributed by atoms with van der Waals surface area (Å²) in [5, 5.41) is 34.1. The van der Waals surface area contributed by atoms with Crippen LogP contribution in [0.1, 0.15) is 24.8 Å². The third-order valence-electron chi connectivity index (χ3n) is 5.17. The molecule has 36 heavy (non-hydrogen) atoms. The summed E-state index contributed by atoms with van der Waals surface area (Å²) >= 11 is 0. The number of carbonyl (C=O) groups excluding carboxylic acids is 3. The molecule has 0 aliphatic carbocycles. The van der Waals surface area contributed by atoms with Crippen molar-refractivity contribution in [3.8, 4) is 0 Å². The molecule has 14 heteroatoms. The first-order valence-electron chi connectivity index (χ1n) is 10.8. The number of carboxylic acids is 3. The summed E-state index contributed by atoms with van der Waals surface area (Å²) in [7, 11) is 0. The molecule has 3 unspecified atom stereocenters. The Morgan fingerprint density at radius 3 is 2.25 bits per heavy atom. The summed E-state index contributed by atoms with van der Waals surface area (Å²) in [5.41, 5.74) is 7.20. The average Bonchev–Trinajstić information content (AvgIpc) is 3.22. The molecule has 0 radical (unpaired) electrons. The first-order chi connectivity index (χ1) is 17.0. The number of benzene rings is 1. The quantitative estimate of drug-likeness (QED) is 0.148. The highest BCUT2D eigenvalue weighted by atomic mass is 16.4. The Bertz CT molecular complexity index is 1150. The van der Waals surface area contributed by atoms with Crippen LogP contribution in [0, 0.1) is 0 Å². The smallest absolute Gasteiger partial charge is 0.326 e. The van der Waals surface area contributed by atoms with Gasteiger partial charge in [-0.3, -0.25) is 24.0 Å². The molecule has 0 fully saturated rings. The Balaban J connectivity index is 2.11. The van der Waals surface area contributed by atoms with E-state index in [1.807, 2.05) is 17.4 Å². The molecule has 1 aromatic heterocycles. The van der Waals surface area contributed by atoms with Crippen molar-refractivity contribution < 1.29 is 44.1 Å². The second-order valence-corrected chi connectivity index (χ2v) is 7.94. The first-order valence-corrected chi connectivity index (χ1v) is 10.8. The number of hydrogen-bond acceptors (Lipinski definition) is 7. The zero-order valence-corrected chi connectivity index (χ0v) is 19.0. The molecule has 2 rings (SSSR count). The maximum atomic E-state index is 12.9. The molecular formula is C22H27N5O9. The predicted octanol–water partition coefficient (Wildman–Crippen LogP) is -1.45. The minimum Gasteiger partial charge on any atom is -0.481 e. The van der Waals surface area contributed by atoms with Crippen LogP contribution in [0.3, 0.4) is 0 Å². The lowest BCUT2D eigenvalue weighted by molar-refractivity contribution is -0.147. The zero-order valence-electron chi connectivity index (χ0n) is 19.0. The Hall–Kier alpha value is -4.46. The van der Waals surface area contributed by atoms with Gasteiger partial charge in [0, 0.05) is 29.9 Å². The summed E-state index contributed by atoms with van der Waals surface area (Å²) in [6.45, 7) is -0.687. The highest BCUT2D eigenvalue weighted by molar-refractivity contribution is 5.94. The monoisotopic (exact) mass is 505 g/mol.